The second-order valence-electron chi connectivity index (χ2n) is 3.97. The van der Waals surface area contributed by atoms with Crippen LogP contribution in [-0.4, -0.2) is 19.1 Å². The van der Waals surface area contributed by atoms with Gasteiger partial charge in [-0.2, -0.15) is 13.2 Å². The average molecular weight is 293 g/mol. The van der Waals surface area contributed by atoms with Crippen LogP contribution in [0.5, 0.6) is 0 Å². The molecule has 1 atom stereocenters. The number of nitrogens with one attached hydrogen (secondary N) is 1. The Kier molecular flexibility index (Phi) is 5.50. The minimum Gasteiger partial charge on any atom is -0.465 e. The van der Waals surface area contributed by atoms with Crippen LogP contribution in [-0.2, 0) is 15.7 Å². The van der Waals surface area contributed by atoms with Crippen LogP contribution in [0.2, 0.25) is 0 Å². The summed E-state index contributed by atoms with van der Waals surface area (Å²) in [5.74, 6) is -1.84. The van der Waals surface area contributed by atoms with Crippen LogP contribution in [0.15, 0.2) is 18.2 Å². The van der Waals surface area contributed by atoms with E-state index in [2.05, 4.69) is 5.32 Å². The molecule has 0 aliphatic rings. The number of halogens is 4. The predicted octanol–water partition coefficient (Wildman–Crippen LogP) is 3.06. The number of hydrogen-bond donors (Lipinski definition) is 1. The predicted molar refractivity (Wildman–Crippen MR) is 64.5 cm³/mol. The maximum absolute atomic E-state index is 13.0. The Labute approximate surface area is 113 Å². The van der Waals surface area contributed by atoms with E-state index in [1.54, 1.807) is 13.8 Å². The van der Waals surface area contributed by atoms with Crippen LogP contribution in [0.25, 0.3) is 0 Å². The molecule has 1 aromatic carbocycles. The molecule has 0 radical (unpaired) electrons. The lowest BCUT2D eigenvalue weighted by Gasteiger charge is -2.21. The summed E-state index contributed by atoms with van der Waals surface area (Å²) in [4.78, 5) is 11.8. The second kappa shape index (κ2) is 6.69. The van der Waals surface area contributed by atoms with Crippen LogP contribution >= 0.6 is 0 Å². The van der Waals surface area contributed by atoms with E-state index >= 15 is 0 Å². The third-order valence-corrected chi connectivity index (χ3v) is 2.56. The molecular formula is C13H15F4NO2. The summed E-state index contributed by atoms with van der Waals surface area (Å²) in [6.07, 6.45) is -4.75. The van der Waals surface area contributed by atoms with E-state index in [0.717, 1.165) is 12.1 Å². The lowest BCUT2D eigenvalue weighted by atomic mass is 9.99. The molecule has 0 saturated heterocycles. The first-order valence-electron chi connectivity index (χ1n) is 6.07. The molecule has 0 aliphatic carbocycles. The van der Waals surface area contributed by atoms with E-state index in [9.17, 15) is 22.4 Å². The van der Waals surface area contributed by atoms with E-state index in [1.165, 1.54) is 0 Å². The van der Waals surface area contributed by atoms with Crippen LogP contribution in [0.1, 0.15) is 31.0 Å². The third kappa shape index (κ3) is 3.93. The summed E-state index contributed by atoms with van der Waals surface area (Å²) in [5, 5.41) is 2.62. The summed E-state index contributed by atoms with van der Waals surface area (Å²) >= 11 is 0. The van der Waals surface area contributed by atoms with Gasteiger partial charge >= 0.3 is 12.1 Å². The van der Waals surface area contributed by atoms with Gasteiger partial charge in [0, 0.05) is 0 Å². The molecular weight excluding hydrogens is 278 g/mol. The van der Waals surface area contributed by atoms with E-state index in [4.69, 9.17) is 4.74 Å². The first-order valence-corrected chi connectivity index (χ1v) is 6.07. The summed E-state index contributed by atoms with van der Waals surface area (Å²) in [6.45, 7) is 3.50. The average Bonchev–Trinajstić information content (AvgIpc) is 2.35. The number of esters is 1. The summed E-state index contributed by atoms with van der Waals surface area (Å²) in [6, 6.07) is 0.923. The molecule has 0 spiro atoms. The number of carbonyl (C=O) groups is 1. The minimum atomic E-state index is -4.75. The molecule has 0 bridgehead atoms. The van der Waals surface area contributed by atoms with Crippen molar-refractivity contribution in [1.29, 1.82) is 0 Å². The van der Waals surface area contributed by atoms with Crippen LogP contribution in [0.3, 0.4) is 0 Å². The minimum absolute atomic E-state index is 0.0449. The molecule has 1 rings (SSSR count). The lowest BCUT2D eigenvalue weighted by molar-refractivity contribution is -0.147. The molecule has 0 aromatic heterocycles. The van der Waals surface area contributed by atoms with Crippen molar-refractivity contribution >= 4 is 5.97 Å². The number of benzene rings is 1. The smallest absolute Gasteiger partial charge is 0.416 e. The maximum atomic E-state index is 13.0. The fourth-order valence-electron chi connectivity index (χ4n) is 1.78. The number of likely N-dealkylation sites (N-methyl/N-ethyl adjacent to an activating group) is 1. The van der Waals surface area contributed by atoms with Crippen molar-refractivity contribution in [1.82, 2.24) is 5.32 Å². The highest BCUT2D eigenvalue weighted by Gasteiger charge is 2.37. The van der Waals surface area contributed by atoms with Gasteiger partial charge in [0.25, 0.3) is 0 Å². The van der Waals surface area contributed by atoms with Crippen molar-refractivity contribution in [3.63, 3.8) is 0 Å². The molecule has 0 aliphatic heterocycles. The van der Waals surface area contributed by atoms with E-state index in [1.807, 2.05) is 0 Å². The van der Waals surface area contributed by atoms with Gasteiger partial charge in [-0.25, -0.2) is 9.18 Å². The van der Waals surface area contributed by atoms with Gasteiger partial charge in [0.1, 0.15) is 11.9 Å². The number of ether oxygens (including phenoxy) is 1. The first-order chi connectivity index (χ1) is 9.31. The van der Waals surface area contributed by atoms with Crippen molar-refractivity contribution in [3.8, 4) is 0 Å². The fraction of sp³-hybridized carbons (Fsp3) is 0.462. The zero-order valence-corrected chi connectivity index (χ0v) is 11.1. The Morgan fingerprint density at radius 1 is 1.35 bits per heavy atom. The number of rotatable bonds is 5. The van der Waals surface area contributed by atoms with Crippen LogP contribution < -0.4 is 5.32 Å². The van der Waals surface area contributed by atoms with Crippen molar-refractivity contribution in [2.45, 2.75) is 26.1 Å². The number of hydrogen-bond acceptors (Lipinski definition) is 3. The molecule has 3 nitrogen and oxygen atoms in total. The van der Waals surface area contributed by atoms with Gasteiger partial charge in [-0.15, -0.1) is 0 Å². The molecule has 0 amide bonds. The van der Waals surface area contributed by atoms with E-state index in [0.29, 0.717) is 6.07 Å². The fourth-order valence-corrected chi connectivity index (χ4v) is 1.78. The normalized spacial score (nSPS) is 13.1. The molecule has 1 aromatic rings. The van der Waals surface area contributed by atoms with Crippen molar-refractivity contribution in [3.05, 3.63) is 35.1 Å². The first kappa shape index (κ1) is 16.4. The topological polar surface area (TPSA) is 38.3 Å². The Bertz CT molecular complexity index is 474. The van der Waals surface area contributed by atoms with Gasteiger partial charge in [-0.1, -0.05) is 13.0 Å². The Hall–Kier alpha value is -1.63. The molecule has 7 heteroatoms. The quantitative estimate of drug-likeness (QED) is 0.670. The molecule has 1 N–H and O–H groups in total. The molecule has 1 unspecified atom stereocenters. The van der Waals surface area contributed by atoms with Crippen molar-refractivity contribution in [2.24, 2.45) is 0 Å². The van der Waals surface area contributed by atoms with Crippen molar-refractivity contribution < 1.29 is 27.1 Å². The zero-order chi connectivity index (χ0) is 15.3. The molecule has 0 saturated carbocycles. The van der Waals surface area contributed by atoms with Gasteiger partial charge in [-0.05, 0) is 31.2 Å². The van der Waals surface area contributed by atoms with Gasteiger partial charge < -0.3 is 10.1 Å². The highest BCUT2D eigenvalue weighted by atomic mass is 19.4. The Balaban J connectivity index is 3.29. The third-order valence-electron chi connectivity index (χ3n) is 2.56. The number of alkyl halides is 3. The lowest BCUT2D eigenvalue weighted by Crippen LogP contribution is -2.32. The Morgan fingerprint density at radius 3 is 2.50 bits per heavy atom. The second-order valence-corrected chi connectivity index (χ2v) is 3.97. The molecule has 20 heavy (non-hydrogen) atoms. The standard InChI is InChI=1S/C13H15F4NO2/c1-3-18-11(12(19)20-4-2)9-6-5-8(14)7-10(9)13(15,16)17/h5-7,11,18H,3-4H2,1-2H3. The highest BCUT2D eigenvalue weighted by Crippen LogP contribution is 2.35. The summed E-state index contributed by atoms with van der Waals surface area (Å²) < 4.78 is 56.6. The summed E-state index contributed by atoms with van der Waals surface area (Å²) in [7, 11) is 0. The monoisotopic (exact) mass is 293 g/mol. The molecule has 0 fully saturated rings. The van der Waals surface area contributed by atoms with Gasteiger partial charge in [0.15, 0.2) is 0 Å². The maximum Gasteiger partial charge on any atom is 0.416 e. The Morgan fingerprint density at radius 2 is 2.00 bits per heavy atom. The summed E-state index contributed by atoms with van der Waals surface area (Å²) in [5.41, 5.74) is -1.53. The van der Waals surface area contributed by atoms with Crippen LogP contribution in [0, 0.1) is 5.82 Å². The van der Waals surface area contributed by atoms with Crippen LogP contribution in [0.4, 0.5) is 17.6 Å². The van der Waals surface area contributed by atoms with Gasteiger partial charge in [0.05, 0.1) is 12.2 Å². The van der Waals surface area contributed by atoms with E-state index in [-0.39, 0.29) is 18.7 Å². The zero-order valence-electron chi connectivity index (χ0n) is 11.1. The molecule has 0 heterocycles. The largest absolute Gasteiger partial charge is 0.465 e. The molecule has 112 valence electrons. The van der Waals surface area contributed by atoms with E-state index < -0.39 is 29.6 Å². The van der Waals surface area contributed by atoms with Crippen molar-refractivity contribution in [2.75, 3.05) is 13.2 Å². The number of carbonyl (C=O) groups excluding carboxylic acids is 1. The SMILES string of the molecule is CCNC(C(=O)OCC)c1ccc(F)cc1C(F)(F)F. The van der Waals surface area contributed by atoms with Gasteiger partial charge in [-0.3, -0.25) is 0 Å². The van der Waals surface area contributed by atoms with Gasteiger partial charge in [0.2, 0.25) is 0 Å². The highest BCUT2D eigenvalue weighted by molar-refractivity contribution is 5.78.